The molecule has 0 aromatic heterocycles. The topological polar surface area (TPSA) is 138 Å². The van der Waals surface area contributed by atoms with Crippen LogP contribution in [0.15, 0.2) is 42.5 Å². The van der Waals surface area contributed by atoms with Crippen molar-refractivity contribution < 1.29 is 32.6 Å². The zero-order valence-electron chi connectivity index (χ0n) is 21.6. The number of aliphatic hydroxyl groups is 1. The highest BCUT2D eigenvalue weighted by Crippen LogP contribution is 2.31. The fourth-order valence-electron chi connectivity index (χ4n) is 3.96. The minimum absolute atomic E-state index is 0.163. The molecule has 3 atom stereocenters. The summed E-state index contributed by atoms with van der Waals surface area (Å²) in [6.45, 7) is 3.87. The van der Waals surface area contributed by atoms with Gasteiger partial charge in [-0.25, -0.2) is 13.2 Å². The van der Waals surface area contributed by atoms with Crippen LogP contribution in [0, 0.1) is 5.92 Å². The van der Waals surface area contributed by atoms with E-state index < -0.39 is 22.2 Å². The lowest BCUT2D eigenvalue weighted by Gasteiger charge is -2.38. The summed E-state index contributed by atoms with van der Waals surface area (Å²) >= 11 is 0. The number of rotatable bonds is 8. The van der Waals surface area contributed by atoms with E-state index in [4.69, 9.17) is 9.47 Å². The first-order valence-electron chi connectivity index (χ1n) is 11.8. The van der Waals surface area contributed by atoms with E-state index >= 15 is 0 Å². The molecule has 0 saturated carbocycles. The summed E-state index contributed by atoms with van der Waals surface area (Å²) in [5.41, 5.74) is 0.987. The smallest absolute Gasteiger partial charge is 0.321 e. The van der Waals surface area contributed by atoms with Crippen LogP contribution in [0.3, 0.4) is 0 Å². The molecule has 1 aliphatic heterocycles. The summed E-state index contributed by atoms with van der Waals surface area (Å²) in [6.07, 6.45) is 0.521. The first kappa shape index (κ1) is 28.1. The normalized spacial score (nSPS) is 18.5. The maximum atomic E-state index is 13.4. The Balaban J connectivity index is 1.86. The fourth-order valence-corrected chi connectivity index (χ4v) is 4.52. The van der Waals surface area contributed by atoms with E-state index in [2.05, 4.69) is 10.0 Å². The lowest BCUT2D eigenvalue weighted by Crippen LogP contribution is -2.50. The number of aliphatic hydroxyl groups excluding tert-OH is 1. The molecule has 3 rings (SSSR count). The van der Waals surface area contributed by atoms with Crippen molar-refractivity contribution in [3.8, 4) is 11.5 Å². The van der Waals surface area contributed by atoms with Crippen molar-refractivity contribution in [2.75, 3.05) is 50.1 Å². The number of anilines is 2. The van der Waals surface area contributed by atoms with Crippen molar-refractivity contribution >= 4 is 33.3 Å². The van der Waals surface area contributed by atoms with Crippen molar-refractivity contribution in [1.29, 1.82) is 0 Å². The van der Waals surface area contributed by atoms with Crippen molar-refractivity contribution in [2.45, 2.75) is 26.0 Å². The third kappa shape index (κ3) is 7.26. The molecule has 0 fully saturated rings. The van der Waals surface area contributed by atoms with Gasteiger partial charge >= 0.3 is 6.03 Å². The van der Waals surface area contributed by atoms with Gasteiger partial charge in [0.15, 0.2) is 0 Å². The summed E-state index contributed by atoms with van der Waals surface area (Å²) in [7, 11) is -0.351. The van der Waals surface area contributed by atoms with Gasteiger partial charge in [0.2, 0.25) is 10.0 Å². The zero-order chi connectivity index (χ0) is 27.3. The minimum atomic E-state index is -3.56. The van der Waals surface area contributed by atoms with E-state index in [1.807, 2.05) is 6.92 Å². The Morgan fingerprint density at radius 2 is 1.89 bits per heavy atom. The SMILES string of the molecule is COc1ccc(NC(=O)N(C)C[C@H]2Oc3ccc(NS(C)(=O)=O)cc3C(=O)N([C@@H](C)CO)C[C@@H]2C)cc1. The molecule has 1 aliphatic rings. The maximum Gasteiger partial charge on any atom is 0.321 e. The quantitative estimate of drug-likeness (QED) is 0.473. The second-order valence-electron chi connectivity index (χ2n) is 9.25. The first-order valence-corrected chi connectivity index (χ1v) is 13.7. The molecule has 12 heteroatoms. The van der Waals surface area contributed by atoms with E-state index in [0.717, 1.165) is 6.26 Å². The Labute approximate surface area is 217 Å². The Morgan fingerprint density at radius 1 is 1.24 bits per heavy atom. The first-order chi connectivity index (χ1) is 17.4. The number of nitrogens with zero attached hydrogens (tertiary/aromatic N) is 2. The lowest BCUT2D eigenvalue weighted by molar-refractivity contribution is 0.0371. The van der Waals surface area contributed by atoms with E-state index in [-0.39, 0.29) is 54.6 Å². The molecule has 202 valence electrons. The molecular formula is C25H34N4O7S. The molecule has 0 spiro atoms. The summed E-state index contributed by atoms with van der Waals surface area (Å²) in [4.78, 5) is 29.3. The summed E-state index contributed by atoms with van der Waals surface area (Å²) in [6, 6.07) is 10.6. The molecule has 2 aromatic rings. The molecule has 0 bridgehead atoms. The van der Waals surface area contributed by atoms with Gasteiger partial charge in [-0.15, -0.1) is 0 Å². The van der Waals surface area contributed by atoms with Crippen LogP contribution < -0.4 is 19.5 Å². The molecular weight excluding hydrogens is 500 g/mol. The number of likely N-dealkylation sites (N-methyl/N-ethyl adjacent to an activating group) is 1. The molecule has 0 unspecified atom stereocenters. The van der Waals surface area contributed by atoms with E-state index in [9.17, 15) is 23.1 Å². The predicted molar refractivity (Wildman–Crippen MR) is 141 cm³/mol. The van der Waals surface area contributed by atoms with Gasteiger partial charge in [-0.1, -0.05) is 6.92 Å². The van der Waals surface area contributed by atoms with Crippen molar-refractivity contribution in [2.24, 2.45) is 5.92 Å². The lowest BCUT2D eigenvalue weighted by atomic mass is 9.99. The molecule has 0 saturated heterocycles. The number of sulfonamides is 1. The second-order valence-corrected chi connectivity index (χ2v) is 11.0. The number of amides is 3. The van der Waals surface area contributed by atoms with Crippen molar-refractivity contribution in [3.05, 3.63) is 48.0 Å². The maximum absolute atomic E-state index is 13.4. The standard InChI is InChI=1S/C25H34N4O7S/c1-16-13-29(17(2)15-30)24(31)21-12-19(27-37(5,33)34)8-11-22(21)36-23(16)14-28(3)25(32)26-18-6-9-20(35-4)10-7-18/h6-12,16-17,23,27,30H,13-15H2,1-5H3,(H,26,32)/t16-,17-,23+/m0/s1. The number of ether oxygens (including phenoxy) is 2. The van der Waals surface area contributed by atoms with Gasteiger partial charge in [-0.2, -0.15) is 0 Å². The molecule has 2 aromatic carbocycles. The van der Waals surface area contributed by atoms with E-state index in [0.29, 0.717) is 11.4 Å². The number of fused-ring (bicyclic) bond motifs is 1. The molecule has 0 radical (unpaired) electrons. The number of methoxy groups -OCH3 is 1. The van der Waals surface area contributed by atoms with Crippen LogP contribution in [0.25, 0.3) is 0 Å². The molecule has 11 nitrogen and oxygen atoms in total. The number of benzene rings is 2. The second kappa shape index (κ2) is 11.7. The predicted octanol–water partition coefficient (Wildman–Crippen LogP) is 2.45. The van der Waals surface area contributed by atoms with Gasteiger partial charge in [0, 0.05) is 30.9 Å². The van der Waals surface area contributed by atoms with Crippen LogP contribution in [-0.4, -0.2) is 87.5 Å². The largest absolute Gasteiger partial charge is 0.497 e. The summed E-state index contributed by atoms with van der Waals surface area (Å²) < 4.78 is 37.2. The van der Waals surface area contributed by atoms with Gasteiger partial charge in [-0.05, 0) is 49.4 Å². The minimum Gasteiger partial charge on any atom is -0.497 e. The number of hydrogen-bond donors (Lipinski definition) is 3. The Bertz CT molecular complexity index is 1220. The number of carbonyl (C=O) groups is 2. The van der Waals surface area contributed by atoms with Gasteiger partial charge in [0.25, 0.3) is 5.91 Å². The number of urea groups is 1. The van der Waals surface area contributed by atoms with E-state index in [1.54, 1.807) is 50.2 Å². The van der Waals surface area contributed by atoms with Crippen LogP contribution in [0.2, 0.25) is 0 Å². The zero-order valence-corrected chi connectivity index (χ0v) is 22.4. The highest BCUT2D eigenvalue weighted by molar-refractivity contribution is 7.92. The summed E-state index contributed by atoms with van der Waals surface area (Å²) in [5.74, 6) is 0.355. The molecule has 3 amide bonds. The van der Waals surface area contributed by atoms with Gasteiger partial charge < -0.3 is 29.7 Å². The Morgan fingerprint density at radius 3 is 2.49 bits per heavy atom. The van der Waals surface area contributed by atoms with Crippen LogP contribution >= 0.6 is 0 Å². The molecule has 37 heavy (non-hydrogen) atoms. The van der Waals surface area contributed by atoms with Gasteiger partial charge in [0.05, 0.1) is 38.1 Å². The van der Waals surface area contributed by atoms with Crippen LogP contribution in [0.1, 0.15) is 24.2 Å². The number of nitrogens with one attached hydrogen (secondary N) is 2. The van der Waals surface area contributed by atoms with Crippen LogP contribution in [0.4, 0.5) is 16.2 Å². The number of hydrogen-bond acceptors (Lipinski definition) is 7. The highest BCUT2D eigenvalue weighted by Gasteiger charge is 2.34. The molecule has 1 heterocycles. The van der Waals surface area contributed by atoms with Crippen LogP contribution in [-0.2, 0) is 10.0 Å². The third-order valence-corrected chi connectivity index (χ3v) is 6.72. The van der Waals surface area contributed by atoms with Crippen molar-refractivity contribution in [3.63, 3.8) is 0 Å². The monoisotopic (exact) mass is 534 g/mol. The fraction of sp³-hybridized carbons (Fsp3) is 0.440. The highest BCUT2D eigenvalue weighted by atomic mass is 32.2. The van der Waals surface area contributed by atoms with Crippen LogP contribution in [0.5, 0.6) is 11.5 Å². The average Bonchev–Trinajstić information content (AvgIpc) is 2.85. The summed E-state index contributed by atoms with van der Waals surface area (Å²) in [5, 5.41) is 12.6. The third-order valence-electron chi connectivity index (χ3n) is 6.11. The van der Waals surface area contributed by atoms with Gasteiger partial charge in [0.1, 0.15) is 17.6 Å². The van der Waals surface area contributed by atoms with Gasteiger partial charge in [-0.3, -0.25) is 9.52 Å². The number of carbonyl (C=O) groups excluding carboxylic acids is 2. The van der Waals surface area contributed by atoms with E-state index in [1.165, 1.54) is 23.1 Å². The average molecular weight is 535 g/mol. The van der Waals surface area contributed by atoms with Crippen molar-refractivity contribution in [1.82, 2.24) is 9.80 Å². The molecule has 3 N–H and O–H groups in total. The molecule has 0 aliphatic carbocycles. The Kier molecular flexibility index (Phi) is 8.87. The Hall–Kier alpha value is -3.51.